The lowest BCUT2D eigenvalue weighted by molar-refractivity contribution is 0.0833. The summed E-state index contributed by atoms with van der Waals surface area (Å²) in [6.45, 7) is 5.36. The van der Waals surface area contributed by atoms with Crippen LogP contribution in [0.4, 0.5) is 4.39 Å². The lowest BCUT2D eigenvalue weighted by Gasteiger charge is -2.22. The Kier molecular flexibility index (Phi) is 5.72. The Morgan fingerprint density at radius 3 is 2.46 bits per heavy atom. The molecule has 1 N–H and O–H groups in total. The highest BCUT2D eigenvalue weighted by Crippen LogP contribution is 2.32. The van der Waals surface area contributed by atoms with E-state index in [4.69, 9.17) is 11.6 Å². The van der Waals surface area contributed by atoms with Crippen molar-refractivity contribution in [1.29, 1.82) is 0 Å². The topological polar surface area (TPSA) is 63.2 Å². The minimum atomic E-state index is -4.04. The molecule has 4 nitrogen and oxygen atoms in total. The van der Waals surface area contributed by atoms with Crippen LogP contribution in [0.15, 0.2) is 17.0 Å². The molecule has 1 saturated carbocycles. The average Bonchev–Trinajstić information content (AvgIpc) is 2.98. The number of benzene rings is 1. The summed E-state index contributed by atoms with van der Waals surface area (Å²) in [7, 11) is -4.04. The molecule has 1 aromatic carbocycles. The van der Waals surface area contributed by atoms with Crippen molar-refractivity contribution in [3.63, 3.8) is 0 Å². The summed E-state index contributed by atoms with van der Waals surface area (Å²) in [5, 5.41) is -0.0705. The Labute approximate surface area is 147 Å². The summed E-state index contributed by atoms with van der Waals surface area (Å²) in [4.78, 5) is 12.1. The second-order valence-corrected chi connectivity index (χ2v) is 9.02. The summed E-state index contributed by atoms with van der Waals surface area (Å²) in [5.41, 5.74) is -0.668. The largest absolute Gasteiger partial charge is 0.294 e. The fourth-order valence-corrected chi connectivity index (χ4v) is 4.39. The maximum absolute atomic E-state index is 14.2. The van der Waals surface area contributed by atoms with E-state index >= 15 is 0 Å². The molecule has 24 heavy (non-hydrogen) atoms. The standard InChI is InChI=1S/C17H23ClFNO3S/c1-4-17(2,3)16(21)12-9-15(14(19)10-13(12)18)24(22,23)20-11-7-5-6-8-11/h9-11,20H,4-8H2,1-3H3. The van der Waals surface area contributed by atoms with Crippen molar-refractivity contribution in [2.45, 2.75) is 63.8 Å². The van der Waals surface area contributed by atoms with Crippen LogP contribution < -0.4 is 4.72 Å². The van der Waals surface area contributed by atoms with Crippen LogP contribution in [-0.4, -0.2) is 20.2 Å². The molecule has 0 bridgehead atoms. The van der Waals surface area contributed by atoms with Crippen LogP contribution in [0.5, 0.6) is 0 Å². The minimum Gasteiger partial charge on any atom is -0.294 e. The van der Waals surface area contributed by atoms with Crippen molar-refractivity contribution in [2.75, 3.05) is 0 Å². The van der Waals surface area contributed by atoms with Crippen LogP contribution in [0.3, 0.4) is 0 Å². The third-order valence-corrected chi connectivity index (χ3v) is 6.58. The van der Waals surface area contributed by atoms with E-state index in [0.29, 0.717) is 6.42 Å². The molecule has 0 aliphatic heterocycles. The summed E-state index contributed by atoms with van der Waals surface area (Å²) in [6, 6.07) is 1.79. The van der Waals surface area contributed by atoms with Crippen LogP contribution in [0.2, 0.25) is 5.02 Å². The van der Waals surface area contributed by atoms with Crippen molar-refractivity contribution >= 4 is 27.4 Å². The zero-order chi connectivity index (χ0) is 18.1. The first kappa shape index (κ1) is 19.3. The van der Waals surface area contributed by atoms with Crippen molar-refractivity contribution in [3.8, 4) is 0 Å². The monoisotopic (exact) mass is 375 g/mol. The van der Waals surface area contributed by atoms with Crippen LogP contribution in [0, 0.1) is 11.2 Å². The van der Waals surface area contributed by atoms with Crippen molar-refractivity contribution in [3.05, 3.63) is 28.5 Å². The number of halogens is 2. The van der Waals surface area contributed by atoms with E-state index < -0.39 is 26.2 Å². The quantitative estimate of drug-likeness (QED) is 0.753. The fraction of sp³-hybridized carbons (Fsp3) is 0.588. The summed E-state index contributed by atoms with van der Waals surface area (Å²) >= 11 is 6.00. The van der Waals surface area contributed by atoms with E-state index in [-0.39, 0.29) is 22.4 Å². The number of ketones is 1. The Balaban J connectivity index is 2.44. The maximum Gasteiger partial charge on any atom is 0.243 e. The van der Waals surface area contributed by atoms with Crippen molar-refractivity contribution < 1.29 is 17.6 Å². The molecule has 7 heteroatoms. The average molecular weight is 376 g/mol. The number of rotatable bonds is 6. The van der Waals surface area contributed by atoms with Crippen molar-refractivity contribution in [1.82, 2.24) is 4.72 Å². The molecule has 0 spiro atoms. The summed E-state index contributed by atoms with van der Waals surface area (Å²) in [5.74, 6) is -1.25. The molecule has 0 saturated heterocycles. The molecule has 0 unspecified atom stereocenters. The Morgan fingerprint density at radius 1 is 1.33 bits per heavy atom. The normalized spacial score (nSPS) is 16.5. The van der Waals surface area contributed by atoms with Crippen LogP contribution in [0.25, 0.3) is 0 Å². The number of hydrogen-bond acceptors (Lipinski definition) is 3. The first-order valence-electron chi connectivity index (χ1n) is 8.14. The molecule has 0 radical (unpaired) electrons. The van der Waals surface area contributed by atoms with Gasteiger partial charge in [-0.1, -0.05) is 45.2 Å². The molecule has 0 amide bonds. The first-order valence-corrected chi connectivity index (χ1v) is 10.0. The van der Waals surface area contributed by atoms with Gasteiger partial charge in [-0.2, -0.15) is 0 Å². The third-order valence-electron chi connectivity index (χ3n) is 4.73. The zero-order valence-corrected chi connectivity index (χ0v) is 15.7. The van der Waals surface area contributed by atoms with Gasteiger partial charge in [0.2, 0.25) is 10.0 Å². The highest BCUT2D eigenvalue weighted by Gasteiger charge is 2.32. The van der Waals surface area contributed by atoms with Crippen LogP contribution >= 0.6 is 11.6 Å². The van der Waals surface area contributed by atoms with Gasteiger partial charge in [0.05, 0.1) is 5.02 Å². The van der Waals surface area contributed by atoms with Gasteiger partial charge in [-0.25, -0.2) is 17.5 Å². The maximum atomic E-state index is 14.2. The molecule has 1 fully saturated rings. The number of carbonyl (C=O) groups excluding carboxylic acids is 1. The number of hydrogen-bond donors (Lipinski definition) is 1. The second-order valence-electron chi connectivity index (χ2n) is 6.93. The lowest BCUT2D eigenvalue weighted by atomic mass is 9.82. The van der Waals surface area contributed by atoms with Gasteiger partial charge in [0, 0.05) is 17.0 Å². The Hall–Kier alpha value is -0.980. The third kappa shape index (κ3) is 3.98. The molecular formula is C17H23ClFNO3S. The minimum absolute atomic E-state index is 0.0386. The Morgan fingerprint density at radius 2 is 1.92 bits per heavy atom. The van der Waals surface area contributed by atoms with E-state index in [2.05, 4.69) is 4.72 Å². The SMILES string of the molecule is CCC(C)(C)C(=O)c1cc(S(=O)(=O)NC2CCCC2)c(F)cc1Cl. The summed E-state index contributed by atoms with van der Waals surface area (Å²) in [6.07, 6.45) is 3.93. The van der Waals surface area contributed by atoms with E-state index in [0.717, 1.165) is 37.8 Å². The van der Waals surface area contributed by atoms with Gasteiger partial charge in [0.25, 0.3) is 0 Å². The number of carbonyl (C=O) groups is 1. The number of sulfonamides is 1. The smallest absolute Gasteiger partial charge is 0.243 e. The number of Topliss-reactive ketones (excluding diaryl/α,β-unsaturated/α-hetero) is 1. The summed E-state index contributed by atoms with van der Waals surface area (Å²) < 4.78 is 41.8. The predicted molar refractivity (Wildman–Crippen MR) is 92.4 cm³/mol. The van der Waals surface area contributed by atoms with Gasteiger partial charge in [0.15, 0.2) is 5.78 Å². The zero-order valence-electron chi connectivity index (χ0n) is 14.2. The second kappa shape index (κ2) is 7.10. The molecule has 1 aromatic rings. The Bertz CT molecular complexity index is 740. The molecule has 0 atom stereocenters. The van der Waals surface area contributed by atoms with E-state index in [1.54, 1.807) is 13.8 Å². The molecule has 0 heterocycles. The fourth-order valence-electron chi connectivity index (χ4n) is 2.76. The van der Waals surface area contributed by atoms with Crippen LogP contribution in [0.1, 0.15) is 63.2 Å². The van der Waals surface area contributed by atoms with E-state index in [1.165, 1.54) is 0 Å². The van der Waals surface area contributed by atoms with Gasteiger partial charge in [0.1, 0.15) is 10.7 Å². The highest BCUT2D eigenvalue weighted by molar-refractivity contribution is 7.89. The van der Waals surface area contributed by atoms with Gasteiger partial charge in [-0.3, -0.25) is 4.79 Å². The first-order chi connectivity index (χ1) is 11.1. The highest BCUT2D eigenvalue weighted by atomic mass is 35.5. The number of nitrogens with one attached hydrogen (secondary N) is 1. The predicted octanol–water partition coefficient (Wildman–Crippen LogP) is 4.32. The molecule has 1 aliphatic rings. The lowest BCUT2D eigenvalue weighted by Crippen LogP contribution is -2.33. The molecule has 0 aromatic heterocycles. The van der Waals surface area contributed by atoms with Crippen molar-refractivity contribution in [2.24, 2.45) is 5.41 Å². The van der Waals surface area contributed by atoms with E-state index in [1.807, 2.05) is 6.92 Å². The van der Waals surface area contributed by atoms with Gasteiger partial charge in [-0.05, 0) is 31.4 Å². The van der Waals surface area contributed by atoms with E-state index in [9.17, 15) is 17.6 Å². The molecular weight excluding hydrogens is 353 g/mol. The van der Waals surface area contributed by atoms with Gasteiger partial charge >= 0.3 is 0 Å². The molecule has 2 rings (SSSR count). The van der Waals surface area contributed by atoms with Gasteiger partial charge < -0.3 is 0 Å². The van der Waals surface area contributed by atoms with Gasteiger partial charge in [-0.15, -0.1) is 0 Å². The van der Waals surface area contributed by atoms with Crippen LogP contribution in [-0.2, 0) is 10.0 Å². The molecule has 1 aliphatic carbocycles. The molecule has 134 valence electrons.